The summed E-state index contributed by atoms with van der Waals surface area (Å²) in [5, 5.41) is 0.651. The van der Waals surface area contributed by atoms with Gasteiger partial charge in [-0.15, -0.1) is 0 Å². The highest BCUT2D eigenvalue weighted by atomic mass is 35.5. The zero-order chi connectivity index (χ0) is 34.5. The van der Waals surface area contributed by atoms with Crippen LogP contribution in [0.5, 0.6) is 5.75 Å². The van der Waals surface area contributed by atoms with Gasteiger partial charge in [-0.25, -0.2) is 4.39 Å². The van der Waals surface area contributed by atoms with Gasteiger partial charge in [0.1, 0.15) is 18.2 Å². The molecule has 0 aliphatic heterocycles. The number of carbonyl (C=O) groups is 1. The second kappa shape index (κ2) is 28.5. The number of halogens is 2. The molecule has 0 aliphatic carbocycles. The van der Waals surface area contributed by atoms with E-state index in [0.29, 0.717) is 23.9 Å². The number of carbonyl (C=O) groups excluding carboxylic acids is 1. The van der Waals surface area contributed by atoms with Crippen LogP contribution in [0.2, 0.25) is 5.02 Å². The maximum atomic E-state index is 11.1. The number of hydrogen-bond donors (Lipinski definition) is 1. The van der Waals surface area contributed by atoms with Crippen LogP contribution in [0.25, 0.3) is 5.57 Å². The Hall–Kier alpha value is -4.30. The highest BCUT2D eigenvalue weighted by Gasteiger charge is 2.08. The maximum absolute atomic E-state index is 11.1. The van der Waals surface area contributed by atoms with Crippen LogP contribution >= 0.6 is 11.6 Å². The summed E-state index contributed by atoms with van der Waals surface area (Å²) in [6.45, 7) is 17.3. The molecule has 0 heterocycles. The number of likely N-dealkylation sites (N-methyl/N-ethyl adjacent to an activating group) is 1. The molecule has 0 unspecified atom stereocenters. The zero-order valence-corrected chi connectivity index (χ0v) is 28.6. The van der Waals surface area contributed by atoms with Crippen molar-refractivity contribution in [2.75, 3.05) is 46.6 Å². The first-order valence-electron chi connectivity index (χ1n) is 14.7. The number of ether oxygens (including phenoxy) is 2. The lowest BCUT2D eigenvalue weighted by atomic mass is 9.97. The van der Waals surface area contributed by atoms with Crippen LogP contribution in [-0.2, 0) is 16.0 Å². The topological polar surface area (TPSA) is 80.4 Å². The normalized spacial score (nSPS) is 10.3. The molecular formula is C36H52ClFN4O3. The fourth-order valence-electron chi connectivity index (χ4n) is 3.37. The maximum Gasteiger partial charge on any atom is 0.209 e. The number of hydrogen-bond acceptors (Lipinski definition) is 6. The molecule has 2 N–H and O–H groups in total. The summed E-state index contributed by atoms with van der Waals surface area (Å²) in [7, 11) is 5.36. The van der Waals surface area contributed by atoms with E-state index in [4.69, 9.17) is 22.1 Å². The molecule has 45 heavy (non-hydrogen) atoms. The van der Waals surface area contributed by atoms with Gasteiger partial charge in [0.25, 0.3) is 0 Å². The number of nitrogens with two attached hydrogens (primary N) is 1. The van der Waals surface area contributed by atoms with Crippen molar-refractivity contribution in [1.82, 2.24) is 9.80 Å². The second-order valence-corrected chi connectivity index (χ2v) is 9.60. The molecule has 2 aromatic carbocycles. The number of nitrogens with zero attached hydrogens (tertiary/aromatic N) is 3. The minimum atomic E-state index is -0.481. The molecule has 248 valence electrons. The second-order valence-electron chi connectivity index (χ2n) is 9.16. The van der Waals surface area contributed by atoms with Crippen LogP contribution in [0.4, 0.5) is 10.1 Å². The third-order valence-corrected chi connectivity index (χ3v) is 5.87. The SMILES string of the molecule is C/C=C/OC.C=CC(=C)F.C=N/C=C\N(C)CCOc1ccc(C/C=C(\CCCN(C)C=O)c2cc(Cl)ccc2N)cc1.CC. The van der Waals surface area contributed by atoms with Crippen molar-refractivity contribution in [3.63, 3.8) is 0 Å². The zero-order valence-electron chi connectivity index (χ0n) is 27.8. The van der Waals surface area contributed by atoms with Crippen molar-refractivity contribution in [1.29, 1.82) is 0 Å². The monoisotopic (exact) mass is 642 g/mol. The first-order valence-corrected chi connectivity index (χ1v) is 15.0. The lowest BCUT2D eigenvalue weighted by Gasteiger charge is -2.15. The van der Waals surface area contributed by atoms with E-state index in [-0.39, 0.29) is 0 Å². The predicted octanol–water partition coefficient (Wildman–Crippen LogP) is 8.75. The van der Waals surface area contributed by atoms with E-state index in [1.54, 1.807) is 37.6 Å². The van der Waals surface area contributed by atoms with Crippen molar-refractivity contribution in [3.05, 3.63) is 114 Å². The van der Waals surface area contributed by atoms with Gasteiger partial charge in [0.15, 0.2) is 0 Å². The van der Waals surface area contributed by atoms with Gasteiger partial charge in [0.2, 0.25) is 6.41 Å². The van der Waals surface area contributed by atoms with E-state index in [0.717, 1.165) is 55.2 Å². The molecule has 0 aromatic heterocycles. The van der Waals surface area contributed by atoms with Gasteiger partial charge in [0, 0.05) is 49.3 Å². The summed E-state index contributed by atoms with van der Waals surface area (Å²) in [5.74, 6) is 0.350. The van der Waals surface area contributed by atoms with Crippen molar-refractivity contribution in [3.8, 4) is 5.75 Å². The van der Waals surface area contributed by atoms with Crippen LogP contribution in [0.3, 0.4) is 0 Å². The molecule has 0 radical (unpaired) electrons. The number of benzene rings is 2. The van der Waals surface area contributed by atoms with Crippen molar-refractivity contribution >= 4 is 36.0 Å². The van der Waals surface area contributed by atoms with Gasteiger partial charge in [-0.05, 0) is 80.4 Å². The largest absolute Gasteiger partial charge is 0.505 e. The van der Waals surface area contributed by atoms with E-state index in [2.05, 4.69) is 47.8 Å². The minimum absolute atomic E-state index is 0.481. The van der Waals surface area contributed by atoms with Crippen LogP contribution in [0, 0.1) is 0 Å². The van der Waals surface area contributed by atoms with Gasteiger partial charge < -0.3 is 25.0 Å². The summed E-state index contributed by atoms with van der Waals surface area (Å²) in [6.07, 6.45) is 13.4. The fourth-order valence-corrected chi connectivity index (χ4v) is 3.54. The Balaban J connectivity index is 0. The van der Waals surface area contributed by atoms with Gasteiger partial charge in [0.05, 0.1) is 19.9 Å². The molecule has 2 rings (SSSR count). The Bertz CT molecular complexity index is 1200. The number of aliphatic imine (C=N–C) groups is 1. The quantitative estimate of drug-likeness (QED) is 0.0651. The van der Waals surface area contributed by atoms with E-state index in [1.807, 2.05) is 69.3 Å². The van der Waals surface area contributed by atoms with Gasteiger partial charge >= 0.3 is 0 Å². The van der Waals surface area contributed by atoms with Crippen LogP contribution in [-0.4, -0.2) is 63.8 Å². The van der Waals surface area contributed by atoms with Crippen molar-refractivity contribution in [2.24, 2.45) is 4.99 Å². The molecule has 0 aliphatic rings. The van der Waals surface area contributed by atoms with Crippen molar-refractivity contribution < 1.29 is 18.7 Å². The number of anilines is 1. The number of amides is 1. The molecule has 0 fully saturated rings. The average molecular weight is 643 g/mol. The van der Waals surface area contributed by atoms with E-state index < -0.39 is 5.83 Å². The highest BCUT2D eigenvalue weighted by Crippen LogP contribution is 2.29. The van der Waals surface area contributed by atoms with Crippen molar-refractivity contribution in [2.45, 2.75) is 40.0 Å². The Morgan fingerprint density at radius 1 is 1.11 bits per heavy atom. The van der Waals surface area contributed by atoms with E-state index in [1.165, 1.54) is 5.56 Å². The minimum Gasteiger partial charge on any atom is -0.505 e. The first kappa shape index (κ1) is 42.8. The van der Waals surface area contributed by atoms with Gasteiger partial charge in [-0.1, -0.05) is 62.9 Å². The van der Waals surface area contributed by atoms with Crippen LogP contribution < -0.4 is 10.5 Å². The molecule has 1 amide bonds. The molecule has 9 heteroatoms. The van der Waals surface area contributed by atoms with Crippen LogP contribution in [0.1, 0.15) is 44.7 Å². The molecule has 0 spiro atoms. The predicted molar refractivity (Wildman–Crippen MR) is 192 cm³/mol. The molecular weight excluding hydrogens is 591 g/mol. The summed E-state index contributed by atoms with van der Waals surface area (Å²) in [6, 6.07) is 13.6. The molecule has 0 saturated heterocycles. The average Bonchev–Trinajstić information content (AvgIpc) is 3.05. The van der Waals surface area contributed by atoms with E-state index in [9.17, 15) is 9.18 Å². The Morgan fingerprint density at radius 3 is 2.27 bits per heavy atom. The summed E-state index contributed by atoms with van der Waals surface area (Å²) in [4.78, 5) is 18.2. The standard InChI is InChI=1S/C26H33ClN4O2.C4H5F.C4H8O.C2H6/c1-29-14-16-30(2)17-18-33-24-11-7-21(8-12-24)6-9-22(5-4-15-31(3)20-32)25-19-23(27)10-13-26(25)28;1-3-4(2)5;1-3-4-5-2;1-2/h7-14,16,19-20H,1,4-6,15,17-18,28H2,2-3H3;3H,1-2H2;3-4H,1-2H3;1-2H3/b16-14-,22-9+;;4-3+;. The number of methoxy groups -OCH3 is 1. The fraction of sp³-hybridized carbons (Fsp3) is 0.333. The molecule has 0 atom stereocenters. The highest BCUT2D eigenvalue weighted by molar-refractivity contribution is 6.30. The molecule has 0 bridgehead atoms. The third-order valence-electron chi connectivity index (χ3n) is 5.64. The third kappa shape index (κ3) is 22.8. The van der Waals surface area contributed by atoms with E-state index >= 15 is 0 Å². The summed E-state index contributed by atoms with van der Waals surface area (Å²) >= 11 is 6.22. The number of allylic oxidation sites excluding steroid dienone is 5. The van der Waals surface area contributed by atoms with Gasteiger partial charge in [-0.2, -0.15) is 0 Å². The number of rotatable bonds is 16. The lowest BCUT2D eigenvalue weighted by molar-refractivity contribution is -0.117. The molecule has 7 nitrogen and oxygen atoms in total. The Labute approximate surface area is 275 Å². The molecule has 2 aromatic rings. The Kier molecular flexibility index (Phi) is 27.1. The molecule has 0 saturated carbocycles. The van der Waals surface area contributed by atoms with Crippen LogP contribution in [0.15, 0.2) is 103 Å². The smallest absolute Gasteiger partial charge is 0.209 e. The summed E-state index contributed by atoms with van der Waals surface area (Å²) in [5.41, 5.74) is 10.2. The first-order chi connectivity index (χ1) is 21.6. The lowest BCUT2D eigenvalue weighted by Crippen LogP contribution is -2.18. The Morgan fingerprint density at radius 2 is 1.76 bits per heavy atom. The number of nitrogen functional groups attached to an aromatic ring is 1. The summed E-state index contributed by atoms with van der Waals surface area (Å²) < 4.78 is 21.4. The van der Waals surface area contributed by atoms with Gasteiger partial charge in [-0.3, -0.25) is 9.79 Å².